The van der Waals surface area contributed by atoms with Crippen LogP contribution in [0.1, 0.15) is 12.8 Å². The number of hydrogen-bond donors (Lipinski definition) is 2. The highest BCUT2D eigenvalue weighted by molar-refractivity contribution is 8.01. The lowest BCUT2D eigenvalue weighted by Crippen LogP contribution is -2.39. The minimum atomic E-state index is -0.108. The zero-order chi connectivity index (χ0) is 17.6. The van der Waals surface area contributed by atoms with Gasteiger partial charge in [-0.3, -0.25) is 9.59 Å². The molecule has 3 rings (SSSR count). The normalized spacial score (nSPS) is 13.3. The highest BCUT2D eigenvalue weighted by atomic mass is 32.2. The lowest BCUT2D eigenvalue weighted by Gasteiger charge is -2.16. The zero-order valence-corrected chi connectivity index (χ0v) is 15.4. The summed E-state index contributed by atoms with van der Waals surface area (Å²) in [7, 11) is 1.64. The molecule has 1 aliphatic rings. The molecule has 0 atom stereocenters. The van der Waals surface area contributed by atoms with Gasteiger partial charge in [-0.2, -0.15) is 0 Å². The summed E-state index contributed by atoms with van der Waals surface area (Å²) in [6, 6.07) is 10.0. The van der Waals surface area contributed by atoms with Crippen LogP contribution in [0, 0.1) is 0 Å². The Morgan fingerprint density at radius 1 is 1.28 bits per heavy atom. The number of hydrogen-bond acceptors (Lipinski definition) is 7. The molecule has 25 heavy (non-hydrogen) atoms. The molecule has 132 valence electrons. The summed E-state index contributed by atoms with van der Waals surface area (Å²) < 4.78 is 0.711. The molecule has 1 saturated carbocycles. The third kappa shape index (κ3) is 5.71. The van der Waals surface area contributed by atoms with Gasteiger partial charge in [0.05, 0.1) is 12.3 Å². The Bertz CT molecular complexity index is 733. The molecule has 0 unspecified atom stereocenters. The Hall–Kier alpha value is -2.13. The van der Waals surface area contributed by atoms with Gasteiger partial charge in [-0.05, 0) is 25.0 Å². The fourth-order valence-electron chi connectivity index (χ4n) is 2.00. The number of thioether (sulfide) groups is 1. The third-order valence-corrected chi connectivity index (χ3v) is 5.46. The fourth-order valence-corrected chi connectivity index (χ4v) is 3.71. The van der Waals surface area contributed by atoms with Crippen molar-refractivity contribution in [2.24, 2.45) is 0 Å². The number of nitrogens with one attached hydrogen (secondary N) is 2. The smallest absolute Gasteiger partial charge is 0.239 e. The number of nitrogens with zero attached hydrogens (tertiary/aromatic N) is 3. The van der Waals surface area contributed by atoms with Gasteiger partial charge in [0, 0.05) is 18.8 Å². The topological polar surface area (TPSA) is 87.2 Å². The maximum atomic E-state index is 12.1. The van der Waals surface area contributed by atoms with E-state index in [1.807, 2.05) is 30.3 Å². The molecule has 1 fully saturated rings. The summed E-state index contributed by atoms with van der Waals surface area (Å²) in [6.45, 7) is 0.0901. The van der Waals surface area contributed by atoms with Crippen LogP contribution in [0.5, 0.6) is 0 Å². The fraction of sp³-hybridized carbons (Fsp3) is 0.375. The van der Waals surface area contributed by atoms with Crippen molar-refractivity contribution in [2.75, 3.05) is 24.7 Å². The van der Waals surface area contributed by atoms with Gasteiger partial charge < -0.3 is 15.5 Å². The maximum absolute atomic E-state index is 12.1. The quantitative estimate of drug-likeness (QED) is 0.685. The van der Waals surface area contributed by atoms with Gasteiger partial charge in [0.15, 0.2) is 4.34 Å². The van der Waals surface area contributed by atoms with E-state index < -0.39 is 0 Å². The number of para-hydroxylation sites is 1. The minimum Gasteiger partial charge on any atom is -0.352 e. The molecule has 7 nitrogen and oxygen atoms in total. The number of anilines is 2. The molecule has 1 aromatic carbocycles. The molecular weight excluding hydrogens is 358 g/mol. The molecule has 1 aromatic heterocycles. The van der Waals surface area contributed by atoms with Crippen molar-refractivity contribution in [1.82, 2.24) is 20.4 Å². The van der Waals surface area contributed by atoms with E-state index in [4.69, 9.17) is 0 Å². The molecule has 2 amide bonds. The van der Waals surface area contributed by atoms with Gasteiger partial charge in [-0.15, -0.1) is 10.2 Å². The standard InChI is InChI=1S/C16H19N5O2S2/c1-21(9-13(22)17-12-7-8-12)14(23)10-24-16-20-19-15(25-16)18-11-5-3-2-4-6-11/h2-6,12H,7-10H2,1H3,(H,17,22)(H,18,19). The van der Waals surface area contributed by atoms with Crippen molar-refractivity contribution in [3.63, 3.8) is 0 Å². The number of carbonyl (C=O) groups excluding carboxylic acids is 2. The summed E-state index contributed by atoms with van der Waals surface area (Å²) in [5.41, 5.74) is 0.938. The molecule has 1 heterocycles. The third-order valence-electron chi connectivity index (χ3n) is 3.50. The first-order valence-electron chi connectivity index (χ1n) is 7.92. The molecule has 0 radical (unpaired) electrons. The Kier molecular flexibility index (Phi) is 5.87. The number of likely N-dealkylation sites (N-methyl/N-ethyl adjacent to an activating group) is 1. The first-order chi connectivity index (χ1) is 12.1. The van der Waals surface area contributed by atoms with Gasteiger partial charge in [-0.25, -0.2) is 0 Å². The van der Waals surface area contributed by atoms with E-state index in [9.17, 15) is 9.59 Å². The number of carbonyl (C=O) groups is 2. The van der Waals surface area contributed by atoms with E-state index in [0.717, 1.165) is 18.5 Å². The highest BCUT2D eigenvalue weighted by Gasteiger charge is 2.24. The molecule has 0 saturated heterocycles. The first kappa shape index (κ1) is 17.7. The monoisotopic (exact) mass is 377 g/mol. The Morgan fingerprint density at radius 2 is 2.04 bits per heavy atom. The lowest BCUT2D eigenvalue weighted by atomic mass is 10.3. The minimum absolute atomic E-state index is 0.0901. The first-order valence-corrected chi connectivity index (χ1v) is 9.72. The van der Waals surface area contributed by atoms with E-state index in [1.165, 1.54) is 28.0 Å². The highest BCUT2D eigenvalue weighted by Crippen LogP contribution is 2.27. The average molecular weight is 377 g/mol. The number of amides is 2. The summed E-state index contributed by atoms with van der Waals surface area (Å²) in [5.74, 6) is 0.0185. The Balaban J connectivity index is 1.43. The maximum Gasteiger partial charge on any atom is 0.239 e. The van der Waals surface area contributed by atoms with Crippen molar-refractivity contribution in [3.8, 4) is 0 Å². The van der Waals surface area contributed by atoms with Gasteiger partial charge >= 0.3 is 0 Å². The lowest BCUT2D eigenvalue weighted by molar-refractivity contribution is -0.132. The molecule has 9 heteroatoms. The SMILES string of the molecule is CN(CC(=O)NC1CC1)C(=O)CSc1nnc(Nc2ccccc2)s1. The van der Waals surface area contributed by atoms with Crippen molar-refractivity contribution >= 4 is 45.7 Å². The van der Waals surface area contributed by atoms with Crippen molar-refractivity contribution in [2.45, 2.75) is 23.2 Å². The van der Waals surface area contributed by atoms with Crippen molar-refractivity contribution < 1.29 is 9.59 Å². The van der Waals surface area contributed by atoms with E-state index >= 15 is 0 Å². The molecule has 0 bridgehead atoms. The van der Waals surface area contributed by atoms with Crippen LogP contribution in [-0.2, 0) is 9.59 Å². The number of aromatic nitrogens is 2. The van der Waals surface area contributed by atoms with Crippen molar-refractivity contribution in [3.05, 3.63) is 30.3 Å². The van der Waals surface area contributed by atoms with Gasteiger partial charge in [0.2, 0.25) is 16.9 Å². The summed E-state index contributed by atoms with van der Waals surface area (Å²) in [6.07, 6.45) is 2.07. The van der Waals surface area contributed by atoms with Crippen LogP contribution in [-0.4, -0.2) is 52.3 Å². The van der Waals surface area contributed by atoms with Crippen molar-refractivity contribution in [1.29, 1.82) is 0 Å². The van der Waals surface area contributed by atoms with Crippen LogP contribution in [0.4, 0.5) is 10.8 Å². The molecule has 2 aromatic rings. The number of rotatable bonds is 8. The van der Waals surface area contributed by atoms with Crippen LogP contribution >= 0.6 is 23.1 Å². The second-order valence-corrected chi connectivity index (χ2v) is 7.94. The largest absolute Gasteiger partial charge is 0.352 e. The molecule has 2 N–H and O–H groups in total. The van der Waals surface area contributed by atoms with E-state index in [0.29, 0.717) is 15.5 Å². The van der Waals surface area contributed by atoms with E-state index in [2.05, 4.69) is 20.8 Å². The van der Waals surface area contributed by atoms with Crippen LogP contribution in [0.3, 0.4) is 0 Å². The molecule has 0 aliphatic heterocycles. The zero-order valence-electron chi connectivity index (χ0n) is 13.8. The number of benzene rings is 1. The van der Waals surface area contributed by atoms with Crippen LogP contribution in [0.25, 0.3) is 0 Å². The summed E-state index contributed by atoms with van der Waals surface area (Å²) in [4.78, 5) is 25.3. The predicted molar refractivity (Wildman–Crippen MR) is 99.2 cm³/mol. The predicted octanol–water partition coefficient (Wildman–Crippen LogP) is 2.11. The molecule has 0 spiro atoms. The molecule has 1 aliphatic carbocycles. The second-order valence-electron chi connectivity index (χ2n) is 5.74. The van der Waals surface area contributed by atoms with E-state index in [1.54, 1.807) is 7.05 Å². The van der Waals surface area contributed by atoms with Gasteiger partial charge in [0.1, 0.15) is 0 Å². The Morgan fingerprint density at radius 3 is 2.76 bits per heavy atom. The van der Waals surface area contributed by atoms with Gasteiger partial charge in [0.25, 0.3) is 0 Å². The summed E-state index contributed by atoms with van der Waals surface area (Å²) >= 11 is 2.72. The van der Waals surface area contributed by atoms with E-state index in [-0.39, 0.29) is 24.1 Å². The second kappa shape index (κ2) is 8.30. The van der Waals surface area contributed by atoms with Gasteiger partial charge in [-0.1, -0.05) is 41.3 Å². The average Bonchev–Trinajstić information content (AvgIpc) is 3.30. The summed E-state index contributed by atoms with van der Waals surface area (Å²) in [5, 5.41) is 14.9. The van der Waals surface area contributed by atoms with Crippen LogP contribution < -0.4 is 10.6 Å². The van der Waals surface area contributed by atoms with Crippen LogP contribution in [0.15, 0.2) is 34.7 Å². The molecular formula is C16H19N5O2S2. The van der Waals surface area contributed by atoms with Crippen LogP contribution in [0.2, 0.25) is 0 Å². The Labute approximate surface area is 154 Å².